The van der Waals surface area contributed by atoms with Crippen LogP contribution in [-0.2, 0) is 21.2 Å². The summed E-state index contributed by atoms with van der Waals surface area (Å²) in [6, 6.07) is 13.9. The summed E-state index contributed by atoms with van der Waals surface area (Å²) in [5, 5.41) is 0.627. The fourth-order valence-corrected chi connectivity index (χ4v) is 6.57. The van der Waals surface area contributed by atoms with Gasteiger partial charge in [-0.15, -0.1) is 0 Å². The number of hydrogen-bond donors (Lipinski definition) is 0. The Labute approximate surface area is 168 Å². The quantitative estimate of drug-likeness (QED) is 0.650. The van der Waals surface area contributed by atoms with E-state index in [2.05, 4.69) is 12.1 Å². The van der Waals surface area contributed by atoms with Crippen LogP contribution in [0.25, 0.3) is 10.2 Å². The van der Waals surface area contributed by atoms with Gasteiger partial charge in [0, 0.05) is 0 Å². The highest BCUT2D eigenvalue weighted by Gasteiger charge is 2.36. The zero-order valence-electron chi connectivity index (χ0n) is 15.9. The molecule has 0 N–H and O–H groups in total. The first-order valence-corrected chi connectivity index (χ1v) is 11.9. The van der Waals surface area contributed by atoms with E-state index in [0.29, 0.717) is 18.1 Å². The third-order valence-electron chi connectivity index (χ3n) is 5.08. The summed E-state index contributed by atoms with van der Waals surface area (Å²) in [5.74, 6) is -0.636. The molecule has 1 atom stereocenters. The molecule has 1 aromatic heterocycles. The second kappa shape index (κ2) is 7.29. The summed E-state index contributed by atoms with van der Waals surface area (Å²) >= 11 is 1.48. The van der Waals surface area contributed by atoms with E-state index < -0.39 is 15.8 Å². The molecule has 1 unspecified atom stereocenters. The number of thiazole rings is 1. The second-order valence-corrected chi connectivity index (χ2v) is 10.7. The fraction of sp³-hybridized carbons (Fsp3) is 0.333. The standard InChI is InChI=1S/C21H22N2O3S2/c1-14-10-15(2)19-18(11-14)27-21(22-19)23(12-16-6-4-3-5-7-16)20(24)17-8-9-28(25,26)13-17/h3-7,10-11,17H,8-9,12-13H2,1-2H3. The van der Waals surface area contributed by atoms with Gasteiger partial charge in [0.15, 0.2) is 15.0 Å². The molecule has 0 aliphatic carbocycles. The first kappa shape index (κ1) is 19.1. The molecule has 1 aliphatic heterocycles. The van der Waals surface area contributed by atoms with Crippen molar-refractivity contribution in [1.82, 2.24) is 4.98 Å². The molecule has 4 rings (SSSR count). The monoisotopic (exact) mass is 414 g/mol. The second-order valence-electron chi connectivity index (χ2n) is 7.43. The number of aromatic nitrogens is 1. The molecule has 1 aliphatic rings. The minimum atomic E-state index is -3.13. The van der Waals surface area contributed by atoms with Crippen molar-refractivity contribution in [3.8, 4) is 0 Å². The molecule has 7 heteroatoms. The van der Waals surface area contributed by atoms with Crippen LogP contribution in [-0.4, -0.2) is 30.8 Å². The lowest BCUT2D eigenvalue weighted by atomic mass is 10.1. The van der Waals surface area contributed by atoms with Crippen LogP contribution >= 0.6 is 11.3 Å². The molecule has 5 nitrogen and oxygen atoms in total. The van der Waals surface area contributed by atoms with Crippen LogP contribution in [0.3, 0.4) is 0 Å². The molecule has 28 heavy (non-hydrogen) atoms. The zero-order valence-corrected chi connectivity index (χ0v) is 17.5. The van der Waals surface area contributed by atoms with Crippen molar-refractivity contribution >= 4 is 42.4 Å². The van der Waals surface area contributed by atoms with E-state index in [1.54, 1.807) is 4.90 Å². The van der Waals surface area contributed by atoms with Crippen LogP contribution in [0.2, 0.25) is 0 Å². The van der Waals surface area contributed by atoms with Gasteiger partial charge >= 0.3 is 0 Å². The van der Waals surface area contributed by atoms with E-state index in [1.165, 1.54) is 11.3 Å². The number of carbonyl (C=O) groups excluding carboxylic acids is 1. The number of benzene rings is 2. The molecule has 0 radical (unpaired) electrons. The highest BCUT2D eigenvalue weighted by atomic mass is 32.2. The predicted molar refractivity (Wildman–Crippen MR) is 113 cm³/mol. The van der Waals surface area contributed by atoms with Crippen molar-refractivity contribution < 1.29 is 13.2 Å². The van der Waals surface area contributed by atoms with Gasteiger partial charge in [0.2, 0.25) is 5.91 Å². The smallest absolute Gasteiger partial charge is 0.233 e. The van der Waals surface area contributed by atoms with Crippen molar-refractivity contribution in [2.24, 2.45) is 5.92 Å². The lowest BCUT2D eigenvalue weighted by Gasteiger charge is -2.23. The van der Waals surface area contributed by atoms with Crippen molar-refractivity contribution in [3.63, 3.8) is 0 Å². The maximum absolute atomic E-state index is 13.3. The van der Waals surface area contributed by atoms with Gasteiger partial charge in [-0.2, -0.15) is 0 Å². The minimum Gasteiger partial charge on any atom is -0.283 e. The van der Waals surface area contributed by atoms with Gasteiger partial charge in [-0.1, -0.05) is 47.7 Å². The van der Waals surface area contributed by atoms with Gasteiger partial charge < -0.3 is 0 Å². The summed E-state index contributed by atoms with van der Waals surface area (Å²) in [6.45, 7) is 4.45. The van der Waals surface area contributed by atoms with E-state index in [-0.39, 0.29) is 17.4 Å². The Bertz CT molecular complexity index is 1140. The minimum absolute atomic E-state index is 0.0693. The molecule has 3 aromatic rings. The molecular formula is C21H22N2O3S2. The summed E-state index contributed by atoms with van der Waals surface area (Å²) in [6.07, 6.45) is 0.384. The van der Waals surface area contributed by atoms with E-state index in [1.807, 2.05) is 44.2 Å². The molecule has 2 aromatic carbocycles. The lowest BCUT2D eigenvalue weighted by molar-refractivity contribution is -0.121. The van der Waals surface area contributed by atoms with E-state index in [4.69, 9.17) is 4.98 Å². The third-order valence-corrected chi connectivity index (χ3v) is 7.87. The van der Waals surface area contributed by atoms with Crippen molar-refractivity contribution in [2.45, 2.75) is 26.8 Å². The van der Waals surface area contributed by atoms with Gasteiger partial charge in [0.1, 0.15) is 0 Å². The molecular weight excluding hydrogens is 392 g/mol. The maximum atomic E-state index is 13.3. The average Bonchev–Trinajstić information content (AvgIpc) is 3.23. The van der Waals surface area contributed by atoms with Crippen LogP contribution in [0.15, 0.2) is 42.5 Å². The zero-order chi connectivity index (χ0) is 19.9. The van der Waals surface area contributed by atoms with Crippen LogP contribution in [0.5, 0.6) is 0 Å². The van der Waals surface area contributed by atoms with E-state index >= 15 is 0 Å². The van der Waals surface area contributed by atoms with Crippen LogP contribution in [0.4, 0.5) is 5.13 Å². The summed E-state index contributed by atoms with van der Waals surface area (Å²) < 4.78 is 24.8. The van der Waals surface area contributed by atoms with Gasteiger partial charge in [-0.05, 0) is 43.0 Å². The number of nitrogens with zero attached hydrogens (tertiary/aromatic N) is 2. The third kappa shape index (κ3) is 3.82. The lowest BCUT2D eigenvalue weighted by Crippen LogP contribution is -2.36. The predicted octanol–water partition coefficient (Wildman–Crippen LogP) is 3.88. The summed E-state index contributed by atoms with van der Waals surface area (Å²) in [5.41, 5.74) is 4.12. The van der Waals surface area contributed by atoms with Crippen LogP contribution in [0, 0.1) is 19.8 Å². The van der Waals surface area contributed by atoms with Gasteiger partial charge in [-0.25, -0.2) is 13.4 Å². The Morgan fingerprint density at radius 2 is 1.96 bits per heavy atom. The van der Waals surface area contributed by atoms with Crippen molar-refractivity contribution in [1.29, 1.82) is 0 Å². The number of rotatable bonds is 4. The first-order valence-electron chi connectivity index (χ1n) is 9.26. The molecule has 0 bridgehead atoms. The number of hydrogen-bond acceptors (Lipinski definition) is 5. The number of aryl methyl sites for hydroxylation is 2. The van der Waals surface area contributed by atoms with Gasteiger partial charge in [0.05, 0.1) is 34.2 Å². The number of fused-ring (bicyclic) bond motifs is 1. The Morgan fingerprint density at radius 3 is 2.64 bits per heavy atom. The molecule has 0 spiro atoms. The molecule has 1 fully saturated rings. The van der Waals surface area contributed by atoms with Crippen molar-refractivity contribution in [3.05, 3.63) is 59.2 Å². The van der Waals surface area contributed by atoms with Gasteiger partial charge in [-0.3, -0.25) is 9.69 Å². The Balaban J connectivity index is 1.74. The number of carbonyl (C=O) groups is 1. The average molecular weight is 415 g/mol. The highest BCUT2D eigenvalue weighted by Crippen LogP contribution is 2.34. The molecule has 1 saturated heterocycles. The number of anilines is 1. The highest BCUT2D eigenvalue weighted by molar-refractivity contribution is 7.91. The van der Waals surface area contributed by atoms with Crippen LogP contribution < -0.4 is 4.90 Å². The van der Waals surface area contributed by atoms with Gasteiger partial charge in [0.25, 0.3) is 0 Å². The molecule has 0 saturated carbocycles. The Hall–Kier alpha value is -2.25. The van der Waals surface area contributed by atoms with Crippen LogP contribution in [0.1, 0.15) is 23.1 Å². The first-order chi connectivity index (χ1) is 13.3. The largest absolute Gasteiger partial charge is 0.283 e. The number of sulfone groups is 1. The number of amides is 1. The Morgan fingerprint density at radius 1 is 1.21 bits per heavy atom. The fourth-order valence-electron chi connectivity index (χ4n) is 3.69. The summed E-state index contributed by atoms with van der Waals surface area (Å²) in [7, 11) is -3.13. The topological polar surface area (TPSA) is 67.3 Å². The summed E-state index contributed by atoms with van der Waals surface area (Å²) in [4.78, 5) is 19.7. The Kier molecular flexibility index (Phi) is 4.97. The van der Waals surface area contributed by atoms with E-state index in [9.17, 15) is 13.2 Å². The SMILES string of the molecule is Cc1cc(C)c2nc(N(Cc3ccccc3)C(=O)C3CCS(=O)(=O)C3)sc2c1. The van der Waals surface area contributed by atoms with E-state index in [0.717, 1.165) is 26.9 Å². The molecule has 146 valence electrons. The van der Waals surface area contributed by atoms with Crippen molar-refractivity contribution in [2.75, 3.05) is 16.4 Å². The normalized spacial score (nSPS) is 18.4. The maximum Gasteiger partial charge on any atom is 0.233 e. The molecule has 2 heterocycles. The molecule has 1 amide bonds.